The normalized spacial score (nSPS) is 42.4. The molecule has 2 aliphatic rings. The second-order valence-corrected chi connectivity index (χ2v) is 6.43. The minimum Gasteiger partial charge on any atom is -0.614 e. The first-order chi connectivity index (χ1) is 6.80. The zero-order chi connectivity index (χ0) is 11.5. The van der Waals surface area contributed by atoms with Gasteiger partial charge >= 0.3 is 5.97 Å². The summed E-state index contributed by atoms with van der Waals surface area (Å²) in [6.45, 7) is 3.17. The minimum absolute atomic E-state index is 0.425. The number of nitrogens with two attached hydrogens (primary N) is 1. The summed E-state index contributed by atoms with van der Waals surface area (Å²) < 4.78 is 11.0. The van der Waals surface area contributed by atoms with Gasteiger partial charge in [0.05, 0.1) is 0 Å². The molecule has 7 heteroatoms. The molecule has 2 aliphatic heterocycles. The number of hydrogen-bond donors (Lipinski definition) is 2. The molecule has 0 aliphatic carbocycles. The highest BCUT2D eigenvalue weighted by Crippen LogP contribution is 2.45. The predicted molar refractivity (Wildman–Crippen MR) is 52.3 cm³/mol. The molecule has 6 nitrogen and oxygen atoms in total. The van der Waals surface area contributed by atoms with Crippen molar-refractivity contribution in [3.63, 3.8) is 0 Å². The molecule has 4 atom stereocenters. The molecule has 2 fully saturated rings. The van der Waals surface area contributed by atoms with Gasteiger partial charge in [-0.1, -0.05) is 0 Å². The van der Waals surface area contributed by atoms with Crippen LogP contribution in [0.5, 0.6) is 0 Å². The fraction of sp³-hybridized carbons (Fsp3) is 0.750. The van der Waals surface area contributed by atoms with Crippen LogP contribution < -0.4 is 5.73 Å². The van der Waals surface area contributed by atoms with Gasteiger partial charge in [-0.05, 0) is 25.0 Å². The van der Waals surface area contributed by atoms with Crippen LogP contribution in [0.1, 0.15) is 13.8 Å². The lowest BCUT2D eigenvalue weighted by atomic mass is 9.96. The van der Waals surface area contributed by atoms with Crippen molar-refractivity contribution in [2.24, 2.45) is 5.73 Å². The highest BCUT2D eigenvalue weighted by Gasteiger charge is 2.71. The van der Waals surface area contributed by atoms with E-state index in [1.165, 1.54) is 0 Å². The summed E-state index contributed by atoms with van der Waals surface area (Å²) in [6, 6.07) is -1.84. The number of aliphatic carboxylic acids is 1. The molecule has 1 amide bonds. The number of hydrogen-bond acceptors (Lipinski definition) is 4. The Morgan fingerprint density at radius 1 is 1.67 bits per heavy atom. The molecule has 15 heavy (non-hydrogen) atoms. The third-order valence-electron chi connectivity index (χ3n) is 3.03. The summed E-state index contributed by atoms with van der Waals surface area (Å²) >= 11 is -1.42. The van der Waals surface area contributed by atoms with Gasteiger partial charge in [0.1, 0.15) is 0 Å². The van der Waals surface area contributed by atoms with Crippen LogP contribution >= 0.6 is 0 Å². The summed E-state index contributed by atoms with van der Waals surface area (Å²) in [4.78, 5) is 23.6. The largest absolute Gasteiger partial charge is 0.614 e. The standard InChI is InChI=1S/C8H12N2O4S/c1-8(2)4(7(12)13)10-5(11)3(9)6(10)15(8)14/h3-4,6H,9H2,1-2H3,(H,12,13)/t3?,4?,6-,15?/m1/s1. The fourth-order valence-corrected chi connectivity index (χ4v) is 4.06. The number of β-lactam (4-membered cyclic amide) rings is 1. The Morgan fingerprint density at radius 2 is 2.20 bits per heavy atom. The van der Waals surface area contributed by atoms with E-state index in [0.717, 1.165) is 4.90 Å². The van der Waals surface area contributed by atoms with E-state index in [9.17, 15) is 14.1 Å². The van der Waals surface area contributed by atoms with Crippen molar-refractivity contribution < 1.29 is 19.2 Å². The fourth-order valence-electron chi connectivity index (χ4n) is 2.19. The van der Waals surface area contributed by atoms with Gasteiger partial charge in [-0.25, -0.2) is 4.79 Å². The van der Waals surface area contributed by atoms with E-state index < -0.39 is 45.3 Å². The summed E-state index contributed by atoms with van der Waals surface area (Å²) in [5.74, 6) is -1.55. The van der Waals surface area contributed by atoms with Gasteiger partial charge in [0.25, 0.3) is 5.91 Å². The number of carbonyl (C=O) groups is 2. The number of carbonyl (C=O) groups excluding carboxylic acids is 1. The van der Waals surface area contributed by atoms with E-state index >= 15 is 0 Å². The van der Waals surface area contributed by atoms with Crippen LogP contribution in [-0.4, -0.2) is 48.6 Å². The van der Waals surface area contributed by atoms with E-state index in [4.69, 9.17) is 10.8 Å². The Labute approximate surface area is 89.6 Å². The minimum atomic E-state index is -1.42. The molecule has 0 spiro atoms. The van der Waals surface area contributed by atoms with E-state index in [1.54, 1.807) is 13.8 Å². The van der Waals surface area contributed by atoms with Gasteiger partial charge < -0.3 is 15.4 Å². The number of nitrogens with zero attached hydrogens (tertiary/aromatic N) is 1. The molecule has 84 valence electrons. The van der Waals surface area contributed by atoms with E-state index in [-0.39, 0.29) is 0 Å². The van der Waals surface area contributed by atoms with Crippen molar-refractivity contribution in [1.29, 1.82) is 0 Å². The lowest BCUT2D eigenvalue weighted by Crippen LogP contribution is -2.70. The van der Waals surface area contributed by atoms with Crippen LogP contribution in [0.15, 0.2) is 0 Å². The first-order valence-electron chi connectivity index (χ1n) is 4.51. The maximum absolute atomic E-state index is 11.9. The average molecular weight is 232 g/mol. The summed E-state index contributed by atoms with van der Waals surface area (Å²) in [7, 11) is 0. The zero-order valence-electron chi connectivity index (χ0n) is 8.34. The van der Waals surface area contributed by atoms with Gasteiger partial charge in [-0.2, -0.15) is 0 Å². The van der Waals surface area contributed by atoms with Crippen LogP contribution in [0.3, 0.4) is 0 Å². The Hall–Kier alpha value is -0.790. The van der Waals surface area contributed by atoms with Crippen molar-refractivity contribution in [2.45, 2.75) is 36.1 Å². The van der Waals surface area contributed by atoms with Crippen molar-refractivity contribution in [1.82, 2.24) is 4.90 Å². The SMILES string of the molecule is CC1(C)C(C(=O)O)N2C(=O)C(N)[C@H]2[S+]1[O-]. The number of fused-ring (bicyclic) bond motifs is 1. The molecular weight excluding hydrogens is 220 g/mol. The summed E-state index contributed by atoms with van der Waals surface area (Å²) in [5, 5.41) is 8.39. The first-order valence-corrected chi connectivity index (χ1v) is 5.72. The quantitative estimate of drug-likeness (QED) is 0.421. The maximum atomic E-state index is 11.9. The third kappa shape index (κ3) is 1.08. The molecule has 2 heterocycles. The third-order valence-corrected chi connectivity index (χ3v) is 5.25. The number of carboxylic acid groups (broad SMARTS) is 1. The smallest absolute Gasteiger partial charge is 0.332 e. The number of rotatable bonds is 1. The van der Waals surface area contributed by atoms with Crippen molar-refractivity contribution in [3.05, 3.63) is 0 Å². The molecule has 2 saturated heterocycles. The van der Waals surface area contributed by atoms with Crippen molar-refractivity contribution >= 4 is 23.1 Å². The molecule has 0 aromatic rings. The Morgan fingerprint density at radius 3 is 2.67 bits per heavy atom. The highest BCUT2D eigenvalue weighted by atomic mass is 32.2. The maximum Gasteiger partial charge on any atom is 0.332 e. The molecule has 3 N–H and O–H groups in total. The number of carboxylic acids is 1. The highest BCUT2D eigenvalue weighted by molar-refractivity contribution is 7.94. The zero-order valence-corrected chi connectivity index (χ0v) is 9.15. The van der Waals surface area contributed by atoms with Crippen LogP contribution in [0, 0.1) is 0 Å². The van der Waals surface area contributed by atoms with Crippen LogP contribution in [0.2, 0.25) is 0 Å². The number of amides is 1. The molecule has 0 aromatic carbocycles. The van der Waals surface area contributed by atoms with E-state index in [0.29, 0.717) is 0 Å². The lowest BCUT2D eigenvalue weighted by molar-refractivity contribution is -0.159. The molecule has 0 aromatic heterocycles. The predicted octanol–water partition coefficient (Wildman–Crippen LogP) is -1.52. The Kier molecular flexibility index (Phi) is 2.05. The van der Waals surface area contributed by atoms with Crippen LogP contribution in [-0.2, 0) is 20.8 Å². The Balaban J connectivity index is 2.40. The van der Waals surface area contributed by atoms with Gasteiger partial charge in [-0.15, -0.1) is 0 Å². The van der Waals surface area contributed by atoms with Crippen LogP contribution in [0.25, 0.3) is 0 Å². The topological polar surface area (TPSA) is 107 Å². The molecule has 2 rings (SSSR count). The monoisotopic (exact) mass is 232 g/mol. The molecular formula is C8H12N2O4S. The van der Waals surface area contributed by atoms with Gasteiger partial charge in [0.2, 0.25) is 5.37 Å². The Bertz CT molecular complexity index is 346. The molecule has 3 unspecified atom stereocenters. The van der Waals surface area contributed by atoms with Gasteiger partial charge in [0, 0.05) is 0 Å². The second kappa shape index (κ2) is 2.87. The lowest BCUT2D eigenvalue weighted by Gasteiger charge is -2.38. The van der Waals surface area contributed by atoms with Crippen LogP contribution in [0.4, 0.5) is 0 Å². The average Bonchev–Trinajstić information content (AvgIpc) is 2.32. The summed E-state index contributed by atoms with van der Waals surface area (Å²) in [6.07, 6.45) is 0. The molecule has 0 bridgehead atoms. The van der Waals surface area contributed by atoms with Gasteiger partial charge in [-0.3, -0.25) is 9.69 Å². The van der Waals surface area contributed by atoms with E-state index in [2.05, 4.69) is 0 Å². The van der Waals surface area contributed by atoms with Crippen molar-refractivity contribution in [2.75, 3.05) is 0 Å². The first kappa shape index (κ1) is 10.7. The molecule has 0 radical (unpaired) electrons. The van der Waals surface area contributed by atoms with Crippen molar-refractivity contribution in [3.8, 4) is 0 Å². The van der Waals surface area contributed by atoms with E-state index in [1.807, 2.05) is 0 Å². The molecule has 0 saturated carbocycles. The summed E-state index contributed by atoms with van der Waals surface area (Å²) in [5.41, 5.74) is 5.50. The second-order valence-electron chi connectivity index (χ2n) is 4.30. The van der Waals surface area contributed by atoms with Gasteiger partial charge in [0.15, 0.2) is 16.8 Å².